The molecule has 0 aromatic heterocycles. The fraction of sp³-hybridized carbons (Fsp3) is 0.286. The monoisotopic (exact) mass is 259 g/mol. The summed E-state index contributed by atoms with van der Waals surface area (Å²) in [6.07, 6.45) is 3.86. The number of nitrogens with zero attached hydrogens (tertiary/aromatic N) is 1. The largest absolute Gasteiger partial charge is 0.399 e. The SMILES string of the molecule is NC(=O)C1CCN(C(=O)/C=C/c2cccc(N)c2)C1. The molecule has 5 nitrogen and oxygen atoms in total. The van der Waals surface area contributed by atoms with Gasteiger partial charge in [-0.2, -0.15) is 0 Å². The number of nitrogen functional groups attached to an aromatic ring is 1. The topological polar surface area (TPSA) is 89.4 Å². The Morgan fingerprint density at radius 1 is 1.37 bits per heavy atom. The molecule has 1 saturated heterocycles. The molecular weight excluding hydrogens is 242 g/mol. The van der Waals surface area contributed by atoms with Gasteiger partial charge in [0.1, 0.15) is 0 Å². The highest BCUT2D eigenvalue weighted by Crippen LogP contribution is 2.16. The zero-order valence-electron chi connectivity index (χ0n) is 10.6. The summed E-state index contributed by atoms with van der Waals surface area (Å²) in [7, 11) is 0. The van der Waals surface area contributed by atoms with Crippen molar-refractivity contribution >= 4 is 23.6 Å². The lowest BCUT2D eigenvalue weighted by atomic mass is 10.1. The van der Waals surface area contributed by atoms with Gasteiger partial charge in [0.05, 0.1) is 5.92 Å². The summed E-state index contributed by atoms with van der Waals surface area (Å²) in [4.78, 5) is 24.6. The van der Waals surface area contributed by atoms with Gasteiger partial charge in [0.2, 0.25) is 11.8 Å². The molecule has 4 N–H and O–H groups in total. The molecule has 1 aliphatic rings. The number of likely N-dealkylation sites (tertiary alicyclic amines) is 1. The van der Waals surface area contributed by atoms with Crippen LogP contribution in [0.3, 0.4) is 0 Å². The lowest BCUT2D eigenvalue weighted by Crippen LogP contribution is -2.30. The van der Waals surface area contributed by atoms with E-state index in [9.17, 15) is 9.59 Å². The molecular formula is C14H17N3O2. The molecule has 0 saturated carbocycles. The fourth-order valence-corrected chi connectivity index (χ4v) is 2.13. The minimum absolute atomic E-state index is 0.105. The Labute approximate surface area is 111 Å². The number of anilines is 1. The quantitative estimate of drug-likeness (QED) is 0.616. The third-order valence-electron chi connectivity index (χ3n) is 3.23. The van der Waals surface area contributed by atoms with E-state index in [0.29, 0.717) is 25.2 Å². The predicted molar refractivity (Wildman–Crippen MR) is 73.8 cm³/mol. The first-order valence-electron chi connectivity index (χ1n) is 6.18. The van der Waals surface area contributed by atoms with Crippen LogP contribution in [0.2, 0.25) is 0 Å². The number of carbonyl (C=O) groups is 2. The number of benzene rings is 1. The van der Waals surface area contributed by atoms with Gasteiger partial charge in [-0.3, -0.25) is 9.59 Å². The molecule has 1 heterocycles. The van der Waals surface area contributed by atoms with Crippen LogP contribution in [0.15, 0.2) is 30.3 Å². The minimum atomic E-state index is -0.338. The first-order valence-corrected chi connectivity index (χ1v) is 6.18. The smallest absolute Gasteiger partial charge is 0.246 e. The summed E-state index contributed by atoms with van der Waals surface area (Å²) in [6, 6.07) is 7.28. The van der Waals surface area contributed by atoms with E-state index in [0.717, 1.165) is 5.56 Å². The molecule has 1 aromatic carbocycles. The molecule has 2 amide bonds. The Morgan fingerprint density at radius 2 is 2.16 bits per heavy atom. The van der Waals surface area contributed by atoms with Crippen LogP contribution in [0.4, 0.5) is 5.69 Å². The zero-order valence-corrected chi connectivity index (χ0v) is 10.6. The van der Waals surface area contributed by atoms with Crippen LogP contribution >= 0.6 is 0 Å². The van der Waals surface area contributed by atoms with Crippen molar-refractivity contribution in [2.45, 2.75) is 6.42 Å². The third-order valence-corrected chi connectivity index (χ3v) is 3.23. The summed E-state index contributed by atoms with van der Waals surface area (Å²) in [5.74, 6) is -0.661. The summed E-state index contributed by atoms with van der Waals surface area (Å²) < 4.78 is 0. The number of amides is 2. The molecule has 1 aromatic rings. The van der Waals surface area contributed by atoms with Crippen LogP contribution < -0.4 is 11.5 Å². The first kappa shape index (κ1) is 13.1. The highest BCUT2D eigenvalue weighted by molar-refractivity contribution is 5.92. The fourth-order valence-electron chi connectivity index (χ4n) is 2.13. The van der Waals surface area contributed by atoms with Gasteiger partial charge in [-0.25, -0.2) is 0 Å². The van der Waals surface area contributed by atoms with Crippen molar-refractivity contribution < 1.29 is 9.59 Å². The lowest BCUT2D eigenvalue weighted by molar-refractivity contribution is -0.125. The van der Waals surface area contributed by atoms with Crippen LogP contribution in [-0.2, 0) is 9.59 Å². The summed E-state index contributed by atoms with van der Waals surface area (Å²) in [6.45, 7) is 0.989. The van der Waals surface area contributed by atoms with Crippen LogP contribution in [0.25, 0.3) is 6.08 Å². The highest BCUT2D eigenvalue weighted by Gasteiger charge is 2.28. The van der Waals surface area contributed by atoms with E-state index in [4.69, 9.17) is 11.5 Å². The van der Waals surface area contributed by atoms with Crippen molar-refractivity contribution in [3.05, 3.63) is 35.9 Å². The second kappa shape index (κ2) is 5.56. The van der Waals surface area contributed by atoms with Gasteiger partial charge in [0, 0.05) is 24.9 Å². The molecule has 1 fully saturated rings. The van der Waals surface area contributed by atoms with Crippen molar-refractivity contribution in [2.24, 2.45) is 11.7 Å². The highest BCUT2D eigenvalue weighted by atomic mass is 16.2. The predicted octanol–water partition coefficient (Wildman–Crippen LogP) is 0.616. The number of carbonyl (C=O) groups excluding carboxylic acids is 2. The summed E-state index contributed by atoms with van der Waals surface area (Å²) in [5.41, 5.74) is 12.4. The molecule has 0 radical (unpaired) electrons. The van der Waals surface area contributed by atoms with Crippen molar-refractivity contribution in [1.29, 1.82) is 0 Å². The van der Waals surface area contributed by atoms with Crippen molar-refractivity contribution in [1.82, 2.24) is 4.90 Å². The van der Waals surface area contributed by atoms with Gasteiger partial charge in [-0.1, -0.05) is 12.1 Å². The van der Waals surface area contributed by atoms with Gasteiger partial charge in [-0.05, 0) is 30.2 Å². The van der Waals surface area contributed by atoms with Gasteiger partial charge in [0.15, 0.2) is 0 Å². The number of hydrogen-bond acceptors (Lipinski definition) is 3. The van der Waals surface area contributed by atoms with E-state index < -0.39 is 0 Å². The molecule has 1 atom stereocenters. The Morgan fingerprint density at radius 3 is 2.79 bits per heavy atom. The van der Waals surface area contributed by atoms with Crippen LogP contribution in [0, 0.1) is 5.92 Å². The second-order valence-corrected chi connectivity index (χ2v) is 4.68. The average Bonchev–Trinajstić information content (AvgIpc) is 2.86. The zero-order chi connectivity index (χ0) is 13.8. The summed E-state index contributed by atoms with van der Waals surface area (Å²) >= 11 is 0. The van der Waals surface area contributed by atoms with E-state index >= 15 is 0 Å². The van der Waals surface area contributed by atoms with E-state index in [-0.39, 0.29) is 17.7 Å². The number of nitrogens with two attached hydrogens (primary N) is 2. The molecule has 1 unspecified atom stereocenters. The number of primary amides is 1. The maximum absolute atomic E-state index is 11.9. The molecule has 0 aliphatic carbocycles. The Bertz CT molecular complexity index is 525. The minimum Gasteiger partial charge on any atom is -0.399 e. The molecule has 0 bridgehead atoms. The van der Waals surface area contributed by atoms with Gasteiger partial charge < -0.3 is 16.4 Å². The molecule has 100 valence electrons. The van der Waals surface area contributed by atoms with Gasteiger partial charge in [0.25, 0.3) is 0 Å². The molecule has 19 heavy (non-hydrogen) atoms. The number of hydrogen-bond donors (Lipinski definition) is 2. The molecule has 1 aliphatic heterocycles. The average molecular weight is 259 g/mol. The Kier molecular flexibility index (Phi) is 3.85. The van der Waals surface area contributed by atoms with Gasteiger partial charge >= 0.3 is 0 Å². The van der Waals surface area contributed by atoms with Crippen molar-refractivity contribution in [2.75, 3.05) is 18.8 Å². The van der Waals surface area contributed by atoms with Crippen LogP contribution in [-0.4, -0.2) is 29.8 Å². The normalized spacial score (nSPS) is 18.9. The maximum Gasteiger partial charge on any atom is 0.246 e. The number of rotatable bonds is 3. The molecule has 2 rings (SSSR count). The molecule has 0 spiro atoms. The standard InChI is InChI=1S/C14H17N3O2/c15-12-3-1-2-10(8-12)4-5-13(18)17-7-6-11(9-17)14(16)19/h1-5,8,11H,6-7,9,15H2,(H2,16,19)/b5-4+. The van der Waals surface area contributed by atoms with Crippen molar-refractivity contribution in [3.63, 3.8) is 0 Å². The van der Waals surface area contributed by atoms with E-state index in [1.807, 2.05) is 12.1 Å². The maximum atomic E-state index is 11.9. The lowest BCUT2D eigenvalue weighted by Gasteiger charge is -2.13. The molecule has 5 heteroatoms. The Balaban J connectivity index is 1.96. The third kappa shape index (κ3) is 3.34. The van der Waals surface area contributed by atoms with Gasteiger partial charge in [-0.15, -0.1) is 0 Å². The summed E-state index contributed by atoms with van der Waals surface area (Å²) in [5, 5.41) is 0. The first-order chi connectivity index (χ1) is 9.06. The Hall–Kier alpha value is -2.30. The second-order valence-electron chi connectivity index (χ2n) is 4.68. The van der Waals surface area contributed by atoms with Crippen LogP contribution in [0.5, 0.6) is 0 Å². The van der Waals surface area contributed by atoms with E-state index in [1.54, 1.807) is 23.1 Å². The van der Waals surface area contributed by atoms with E-state index in [2.05, 4.69) is 0 Å². The van der Waals surface area contributed by atoms with Crippen LogP contribution in [0.1, 0.15) is 12.0 Å². The van der Waals surface area contributed by atoms with Crippen molar-refractivity contribution in [3.8, 4) is 0 Å². The van der Waals surface area contributed by atoms with E-state index in [1.165, 1.54) is 6.08 Å².